The van der Waals surface area contributed by atoms with Gasteiger partial charge in [-0.05, 0) is 37.3 Å². The molecular weight excluding hydrogens is 354 g/mol. The highest BCUT2D eigenvalue weighted by atomic mass is 35.5. The first-order chi connectivity index (χ1) is 11.4. The van der Waals surface area contributed by atoms with E-state index in [1.54, 1.807) is 12.1 Å². The third kappa shape index (κ3) is 4.04. The van der Waals surface area contributed by atoms with Crippen LogP contribution in [0.5, 0.6) is 17.2 Å². The number of ether oxygens (including phenoxy) is 3. The van der Waals surface area contributed by atoms with Crippen molar-refractivity contribution in [3.05, 3.63) is 41.4 Å². The van der Waals surface area contributed by atoms with E-state index >= 15 is 0 Å². The van der Waals surface area contributed by atoms with Crippen LogP contribution in [0.2, 0.25) is 5.02 Å². The maximum Gasteiger partial charge on any atom is 0.261 e. The van der Waals surface area contributed by atoms with Gasteiger partial charge in [-0.3, -0.25) is 4.72 Å². The monoisotopic (exact) mass is 371 g/mol. The Bertz CT molecular complexity index is 823. The van der Waals surface area contributed by atoms with Crippen molar-refractivity contribution >= 4 is 27.3 Å². The van der Waals surface area contributed by atoms with E-state index < -0.39 is 10.0 Å². The first-order valence-electron chi connectivity index (χ1n) is 7.08. The Hall–Kier alpha value is -2.12. The van der Waals surface area contributed by atoms with E-state index in [-0.39, 0.29) is 9.92 Å². The molecule has 0 aliphatic heterocycles. The number of rotatable bonds is 7. The van der Waals surface area contributed by atoms with Gasteiger partial charge in [-0.25, -0.2) is 8.42 Å². The first kappa shape index (κ1) is 18.2. The van der Waals surface area contributed by atoms with Crippen LogP contribution >= 0.6 is 11.6 Å². The van der Waals surface area contributed by atoms with E-state index in [1.165, 1.54) is 38.5 Å². The second-order valence-corrected chi connectivity index (χ2v) is 6.79. The lowest BCUT2D eigenvalue weighted by molar-refractivity contribution is 0.340. The largest absolute Gasteiger partial charge is 0.493 e. The van der Waals surface area contributed by atoms with Crippen molar-refractivity contribution in [1.82, 2.24) is 0 Å². The van der Waals surface area contributed by atoms with Crippen LogP contribution in [-0.4, -0.2) is 29.2 Å². The predicted molar refractivity (Wildman–Crippen MR) is 93.0 cm³/mol. The second-order valence-electron chi connectivity index (χ2n) is 4.70. The van der Waals surface area contributed by atoms with E-state index in [4.69, 9.17) is 25.8 Å². The van der Waals surface area contributed by atoms with Gasteiger partial charge in [-0.15, -0.1) is 0 Å². The molecule has 0 heterocycles. The topological polar surface area (TPSA) is 73.9 Å². The quantitative estimate of drug-likeness (QED) is 0.805. The number of halogens is 1. The standard InChI is InChI=1S/C16H18ClNO5S/c1-4-23-14-8-6-12(10-13(14)17)24(19,20)18-11-5-7-15(21-2)16(9-11)22-3/h5-10,18H,4H2,1-3H3. The van der Waals surface area contributed by atoms with Crippen LogP contribution in [0.15, 0.2) is 41.3 Å². The summed E-state index contributed by atoms with van der Waals surface area (Å²) in [4.78, 5) is 0.0331. The molecule has 24 heavy (non-hydrogen) atoms. The third-order valence-electron chi connectivity index (χ3n) is 3.15. The molecule has 0 saturated carbocycles. The Morgan fingerprint density at radius 2 is 1.67 bits per heavy atom. The lowest BCUT2D eigenvalue weighted by Crippen LogP contribution is -2.13. The number of anilines is 1. The fourth-order valence-electron chi connectivity index (χ4n) is 2.04. The number of nitrogens with one attached hydrogen (secondary N) is 1. The summed E-state index contributed by atoms with van der Waals surface area (Å²) in [7, 11) is -0.820. The van der Waals surface area contributed by atoms with Crippen molar-refractivity contribution in [3.8, 4) is 17.2 Å². The van der Waals surface area contributed by atoms with Gasteiger partial charge in [0.1, 0.15) is 5.75 Å². The van der Waals surface area contributed by atoms with E-state index in [1.807, 2.05) is 6.92 Å². The molecular formula is C16H18ClNO5S. The highest BCUT2D eigenvalue weighted by Gasteiger charge is 2.17. The number of methoxy groups -OCH3 is 2. The molecule has 0 atom stereocenters. The Labute approximate surface area is 146 Å². The zero-order chi connectivity index (χ0) is 17.7. The lowest BCUT2D eigenvalue weighted by atomic mass is 10.3. The molecule has 8 heteroatoms. The fourth-order valence-corrected chi connectivity index (χ4v) is 3.41. The van der Waals surface area contributed by atoms with E-state index in [9.17, 15) is 8.42 Å². The van der Waals surface area contributed by atoms with Gasteiger partial charge in [0.15, 0.2) is 11.5 Å². The molecule has 0 saturated heterocycles. The lowest BCUT2D eigenvalue weighted by Gasteiger charge is -2.13. The molecule has 1 N–H and O–H groups in total. The SMILES string of the molecule is CCOc1ccc(S(=O)(=O)Nc2ccc(OC)c(OC)c2)cc1Cl. The van der Waals surface area contributed by atoms with Crippen LogP contribution in [0.25, 0.3) is 0 Å². The van der Waals surface area contributed by atoms with E-state index in [0.29, 0.717) is 29.5 Å². The summed E-state index contributed by atoms with van der Waals surface area (Å²) in [6.07, 6.45) is 0. The fraction of sp³-hybridized carbons (Fsp3) is 0.250. The van der Waals surface area contributed by atoms with Crippen LogP contribution < -0.4 is 18.9 Å². The summed E-state index contributed by atoms with van der Waals surface area (Å²) in [5, 5.41) is 0.229. The van der Waals surface area contributed by atoms with Gasteiger partial charge in [0.25, 0.3) is 10.0 Å². The minimum absolute atomic E-state index is 0.0331. The molecule has 2 aromatic carbocycles. The molecule has 0 unspecified atom stereocenters. The molecule has 0 radical (unpaired) electrons. The average molecular weight is 372 g/mol. The van der Waals surface area contributed by atoms with Crippen LogP contribution in [0.4, 0.5) is 5.69 Å². The summed E-state index contributed by atoms with van der Waals surface area (Å²) in [5.41, 5.74) is 0.345. The Morgan fingerprint density at radius 1 is 1.00 bits per heavy atom. The molecule has 2 aromatic rings. The molecule has 0 aromatic heterocycles. The number of hydrogen-bond acceptors (Lipinski definition) is 5. The van der Waals surface area contributed by atoms with Crippen molar-refractivity contribution in [3.63, 3.8) is 0 Å². The average Bonchev–Trinajstić information content (AvgIpc) is 2.56. The molecule has 0 amide bonds. The Morgan fingerprint density at radius 3 is 2.25 bits per heavy atom. The predicted octanol–water partition coefficient (Wildman–Crippen LogP) is 3.56. The minimum Gasteiger partial charge on any atom is -0.493 e. The third-order valence-corrected chi connectivity index (χ3v) is 4.82. The normalized spacial score (nSPS) is 11.0. The number of hydrogen-bond donors (Lipinski definition) is 1. The van der Waals surface area contributed by atoms with Gasteiger partial charge in [0.05, 0.1) is 36.4 Å². The van der Waals surface area contributed by atoms with Crippen molar-refractivity contribution < 1.29 is 22.6 Å². The summed E-state index contributed by atoms with van der Waals surface area (Å²) in [6, 6.07) is 9.02. The highest BCUT2D eigenvalue weighted by Crippen LogP contribution is 2.32. The molecule has 130 valence electrons. The zero-order valence-electron chi connectivity index (χ0n) is 13.5. The molecule has 0 bridgehead atoms. The van der Waals surface area contributed by atoms with E-state index in [0.717, 1.165) is 0 Å². The summed E-state index contributed by atoms with van der Waals surface area (Å²) in [6.45, 7) is 2.26. The van der Waals surface area contributed by atoms with Gasteiger partial charge >= 0.3 is 0 Å². The van der Waals surface area contributed by atoms with Crippen LogP contribution in [0, 0.1) is 0 Å². The molecule has 2 rings (SSSR count). The molecule has 0 aliphatic carbocycles. The van der Waals surface area contributed by atoms with Crippen molar-refractivity contribution in [2.24, 2.45) is 0 Å². The summed E-state index contributed by atoms with van der Waals surface area (Å²) >= 11 is 6.05. The first-order valence-corrected chi connectivity index (χ1v) is 8.94. The smallest absolute Gasteiger partial charge is 0.261 e. The van der Waals surface area contributed by atoms with Crippen LogP contribution in [-0.2, 0) is 10.0 Å². The maximum atomic E-state index is 12.5. The molecule has 0 fully saturated rings. The zero-order valence-corrected chi connectivity index (χ0v) is 15.1. The Balaban J connectivity index is 2.30. The summed E-state index contributed by atoms with van der Waals surface area (Å²) < 4.78 is 43.1. The van der Waals surface area contributed by atoms with Crippen LogP contribution in [0.1, 0.15) is 6.92 Å². The van der Waals surface area contributed by atoms with Gasteiger partial charge in [0, 0.05) is 6.07 Å². The minimum atomic E-state index is -3.80. The van der Waals surface area contributed by atoms with Gasteiger partial charge in [0.2, 0.25) is 0 Å². The highest BCUT2D eigenvalue weighted by molar-refractivity contribution is 7.92. The number of sulfonamides is 1. The summed E-state index contributed by atoms with van der Waals surface area (Å²) in [5.74, 6) is 1.36. The van der Waals surface area contributed by atoms with Crippen LogP contribution in [0.3, 0.4) is 0 Å². The van der Waals surface area contributed by atoms with Gasteiger partial charge in [-0.2, -0.15) is 0 Å². The van der Waals surface area contributed by atoms with E-state index in [2.05, 4.69) is 4.72 Å². The van der Waals surface area contributed by atoms with Crippen molar-refractivity contribution in [2.75, 3.05) is 25.5 Å². The maximum absolute atomic E-state index is 12.5. The molecule has 0 spiro atoms. The molecule has 0 aliphatic rings. The van der Waals surface area contributed by atoms with Gasteiger partial charge < -0.3 is 14.2 Å². The second kappa shape index (κ2) is 7.63. The molecule has 6 nitrogen and oxygen atoms in total. The Kier molecular flexibility index (Phi) is 5.80. The van der Waals surface area contributed by atoms with Gasteiger partial charge in [-0.1, -0.05) is 11.6 Å². The van der Waals surface area contributed by atoms with Crippen molar-refractivity contribution in [1.29, 1.82) is 0 Å². The van der Waals surface area contributed by atoms with Crippen molar-refractivity contribution in [2.45, 2.75) is 11.8 Å². The number of benzene rings is 2.